The molecule has 1 amide bonds. The molecular weight excluding hydrogens is 350 g/mol. The van der Waals surface area contributed by atoms with E-state index in [1.165, 1.54) is 0 Å². The second kappa shape index (κ2) is 6.02. The number of cyclic esters (lactones) is 1. The molecule has 8 heteroatoms. The summed E-state index contributed by atoms with van der Waals surface area (Å²) in [6, 6.07) is 8.87. The average molecular weight is 367 g/mol. The number of hydrogen-bond acceptors (Lipinski definition) is 7. The number of amides is 1. The molecule has 1 aromatic heterocycles. The van der Waals surface area contributed by atoms with Gasteiger partial charge in [0.2, 0.25) is 5.91 Å². The topological polar surface area (TPSA) is 99.6 Å². The summed E-state index contributed by atoms with van der Waals surface area (Å²) < 4.78 is 16.7. The average Bonchev–Trinajstić information content (AvgIpc) is 3.33. The van der Waals surface area contributed by atoms with Gasteiger partial charge in [-0.05, 0) is 31.0 Å². The van der Waals surface area contributed by atoms with Gasteiger partial charge in [0.15, 0.2) is 0 Å². The number of rotatable bonds is 4. The molecular formula is C19H17N3O5. The molecule has 0 saturated carbocycles. The normalized spacial score (nSPS) is 30.7. The van der Waals surface area contributed by atoms with Gasteiger partial charge in [-0.3, -0.25) is 9.59 Å². The standard InChI is InChI=1S/C19H17N3O5/c23-16(14-13-5-6-19(27-13)10-25-17(24)15(14)19)22-11-3-1-4-12(9-11)26-18-20-7-2-8-21-18/h1-4,7-9,13-15H,5-6,10H2,(H,22,23)/t13-,14-,15+,19-/m1/s1. The Morgan fingerprint density at radius 1 is 1.26 bits per heavy atom. The van der Waals surface area contributed by atoms with Gasteiger partial charge in [-0.25, -0.2) is 9.97 Å². The Bertz CT molecular complexity index is 905. The highest BCUT2D eigenvalue weighted by atomic mass is 16.6. The van der Waals surface area contributed by atoms with Gasteiger partial charge in [-0.15, -0.1) is 0 Å². The van der Waals surface area contributed by atoms with E-state index in [2.05, 4.69) is 15.3 Å². The minimum atomic E-state index is -0.612. The molecule has 0 radical (unpaired) electrons. The Morgan fingerprint density at radius 2 is 2.11 bits per heavy atom. The van der Waals surface area contributed by atoms with Crippen molar-refractivity contribution in [2.45, 2.75) is 24.5 Å². The molecule has 1 N–H and O–H groups in total. The molecule has 0 unspecified atom stereocenters. The summed E-state index contributed by atoms with van der Waals surface area (Å²) in [6.45, 7) is 0.247. The van der Waals surface area contributed by atoms with Gasteiger partial charge in [0, 0.05) is 24.1 Å². The van der Waals surface area contributed by atoms with Crippen molar-refractivity contribution in [2.24, 2.45) is 11.8 Å². The van der Waals surface area contributed by atoms with Crippen molar-refractivity contribution in [3.05, 3.63) is 42.7 Å². The predicted octanol–water partition coefficient (Wildman–Crippen LogP) is 1.93. The van der Waals surface area contributed by atoms with Crippen LogP contribution in [0.2, 0.25) is 0 Å². The first kappa shape index (κ1) is 16.2. The first-order valence-electron chi connectivity index (χ1n) is 8.85. The third-order valence-corrected chi connectivity index (χ3v) is 5.43. The van der Waals surface area contributed by atoms with Crippen LogP contribution in [0.5, 0.6) is 11.8 Å². The van der Waals surface area contributed by atoms with E-state index in [-0.39, 0.29) is 30.6 Å². The Balaban J connectivity index is 1.33. The van der Waals surface area contributed by atoms with Gasteiger partial charge in [-0.1, -0.05) is 6.07 Å². The van der Waals surface area contributed by atoms with Crippen molar-refractivity contribution in [3.63, 3.8) is 0 Å². The number of carbonyl (C=O) groups excluding carboxylic acids is 2. The lowest BCUT2D eigenvalue weighted by atomic mass is 9.73. The van der Waals surface area contributed by atoms with Crippen LogP contribution in [0.15, 0.2) is 42.7 Å². The lowest BCUT2D eigenvalue weighted by Gasteiger charge is -2.25. The van der Waals surface area contributed by atoms with E-state index in [1.54, 1.807) is 42.7 Å². The van der Waals surface area contributed by atoms with Crippen LogP contribution in [0.3, 0.4) is 0 Å². The lowest BCUT2D eigenvalue weighted by Crippen LogP contribution is -2.43. The van der Waals surface area contributed by atoms with E-state index < -0.39 is 17.4 Å². The molecule has 3 saturated heterocycles. The molecule has 1 spiro atoms. The molecule has 4 heterocycles. The van der Waals surface area contributed by atoms with Gasteiger partial charge < -0.3 is 19.5 Å². The third kappa shape index (κ3) is 2.64. The van der Waals surface area contributed by atoms with Crippen LogP contribution in [-0.4, -0.2) is 40.2 Å². The first-order valence-corrected chi connectivity index (χ1v) is 8.85. The van der Waals surface area contributed by atoms with Crippen molar-refractivity contribution in [1.82, 2.24) is 9.97 Å². The molecule has 3 aliphatic rings. The van der Waals surface area contributed by atoms with E-state index in [4.69, 9.17) is 14.2 Å². The number of carbonyl (C=O) groups is 2. The van der Waals surface area contributed by atoms with Gasteiger partial charge in [0.05, 0.1) is 12.0 Å². The Kier molecular flexibility index (Phi) is 3.61. The van der Waals surface area contributed by atoms with E-state index >= 15 is 0 Å². The number of anilines is 1. The molecule has 2 bridgehead atoms. The fourth-order valence-corrected chi connectivity index (χ4v) is 4.30. The minimum absolute atomic E-state index is 0.220. The van der Waals surface area contributed by atoms with Crippen molar-refractivity contribution in [1.29, 1.82) is 0 Å². The maximum atomic E-state index is 12.9. The maximum absolute atomic E-state index is 12.9. The molecule has 2 aromatic rings. The van der Waals surface area contributed by atoms with E-state index in [0.717, 1.165) is 12.8 Å². The number of nitrogens with one attached hydrogen (secondary N) is 1. The molecule has 5 rings (SSSR count). The maximum Gasteiger partial charge on any atom is 0.321 e. The summed E-state index contributed by atoms with van der Waals surface area (Å²) in [5.41, 5.74) is -0.0454. The van der Waals surface area contributed by atoms with Crippen LogP contribution in [0, 0.1) is 11.8 Å². The number of esters is 1. The number of fused-ring (bicyclic) bond motifs is 1. The number of nitrogens with zero attached hydrogens (tertiary/aromatic N) is 2. The summed E-state index contributed by atoms with van der Waals surface area (Å²) >= 11 is 0. The second-order valence-electron chi connectivity index (χ2n) is 7.02. The molecule has 3 aliphatic heterocycles. The lowest BCUT2D eigenvalue weighted by molar-refractivity contribution is -0.145. The van der Waals surface area contributed by atoms with Crippen molar-refractivity contribution in [2.75, 3.05) is 11.9 Å². The largest absolute Gasteiger partial charge is 0.462 e. The Labute approximate surface area is 154 Å². The molecule has 1 aromatic carbocycles. The van der Waals surface area contributed by atoms with Gasteiger partial charge in [0.25, 0.3) is 0 Å². The van der Waals surface area contributed by atoms with Gasteiger partial charge in [0.1, 0.15) is 23.9 Å². The van der Waals surface area contributed by atoms with Crippen LogP contribution in [-0.2, 0) is 19.1 Å². The fourth-order valence-electron chi connectivity index (χ4n) is 4.30. The summed E-state index contributed by atoms with van der Waals surface area (Å²) in [6.07, 6.45) is 4.46. The smallest absolute Gasteiger partial charge is 0.321 e. The quantitative estimate of drug-likeness (QED) is 0.824. The number of ether oxygens (including phenoxy) is 3. The van der Waals surface area contributed by atoms with Gasteiger partial charge >= 0.3 is 12.0 Å². The second-order valence-corrected chi connectivity index (χ2v) is 7.02. The van der Waals surface area contributed by atoms with E-state index in [9.17, 15) is 9.59 Å². The molecule has 4 atom stereocenters. The van der Waals surface area contributed by atoms with Gasteiger partial charge in [-0.2, -0.15) is 0 Å². The molecule has 3 fully saturated rings. The predicted molar refractivity (Wildman–Crippen MR) is 92.0 cm³/mol. The zero-order chi connectivity index (χ0) is 18.4. The summed E-state index contributed by atoms with van der Waals surface area (Å²) in [7, 11) is 0. The third-order valence-electron chi connectivity index (χ3n) is 5.43. The van der Waals surface area contributed by atoms with Crippen molar-refractivity contribution in [3.8, 4) is 11.8 Å². The van der Waals surface area contributed by atoms with Crippen molar-refractivity contribution >= 4 is 17.6 Å². The summed E-state index contributed by atoms with van der Waals surface area (Å²) in [5.74, 6) is -1.13. The highest BCUT2D eigenvalue weighted by Crippen LogP contribution is 2.54. The Morgan fingerprint density at radius 3 is 2.96 bits per heavy atom. The number of hydrogen-bond donors (Lipinski definition) is 1. The van der Waals surface area contributed by atoms with Crippen LogP contribution < -0.4 is 10.1 Å². The SMILES string of the molecule is O=C(Nc1cccc(Oc2ncccn2)c1)[C@H]1[C@H]2C(=O)OC[C@]23CC[C@H]1O3. The highest BCUT2D eigenvalue weighted by molar-refractivity contribution is 5.97. The zero-order valence-corrected chi connectivity index (χ0v) is 14.3. The fraction of sp³-hybridized carbons (Fsp3) is 0.368. The number of benzene rings is 1. The first-order chi connectivity index (χ1) is 13.1. The van der Waals surface area contributed by atoms with Crippen LogP contribution in [0.25, 0.3) is 0 Å². The summed E-state index contributed by atoms with van der Waals surface area (Å²) in [4.78, 5) is 33.1. The highest BCUT2D eigenvalue weighted by Gasteiger charge is 2.68. The molecule has 8 nitrogen and oxygen atoms in total. The van der Waals surface area contributed by atoms with Crippen LogP contribution in [0.4, 0.5) is 5.69 Å². The minimum Gasteiger partial charge on any atom is -0.462 e. The number of aromatic nitrogens is 2. The van der Waals surface area contributed by atoms with E-state index in [1.807, 2.05) is 0 Å². The van der Waals surface area contributed by atoms with Crippen LogP contribution in [0.1, 0.15) is 12.8 Å². The molecule has 0 aliphatic carbocycles. The van der Waals surface area contributed by atoms with Crippen LogP contribution >= 0.6 is 0 Å². The van der Waals surface area contributed by atoms with Crippen molar-refractivity contribution < 1.29 is 23.8 Å². The Hall–Kier alpha value is -3.00. The molecule has 27 heavy (non-hydrogen) atoms. The zero-order valence-electron chi connectivity index (χ0n) is 14.3. The molecule has 138 valence electrons. The van der Waals surface area contributed by atoms with E-state index in [0.29, 0.717) is 11.4 Å². The monoisotopic (exact) mass is 367 g/mol. The summed E-state index contributed by atoms with van der Waals surface area (Å²) in [5, 5.41) is 2.88.